The van der Waals surface area contributed by atoms with Crippen LogP contribution >= 0.6 is 19.2 Å². The van der Waals surface area contributed by atoms with E-state index in [0.29, 0.717) is 4.57 Å². The van der Waals surface area contributed by atoms with Gasteiger partial charge in [-0.05, 0) is 13.8 Å². The van der Waals surface area contributed by atoms with E-state index in [1.165, 1.54) is 13.8 Å². The molecule has 3 rings (SSSR count). The number of hydrogen-bond donors (Lipinski definition) is 1. The van der Waals surface area contributed by atoms with Gasteiger partial charge in [-0.15, -0.1) is 0 Å². The Bertz CT molecular complexity index is 842. The molecule has 14 heteroatoms. The normalized spacial score (nSPS) is 36.4. The van der Waals surface area contributed by atoms with Gasteiger partial charge in [-0.25, -0.2) is 18.0 Å². The predicted octanol–water partition coefficient (Wildman–Crippen LogP) is 2.30. The molecule has 5 atom stereocenters. The second-order valence-electron chi connectivity index (χ2n) is 6.20. The topological polar surface area (TPSA) is 115 Å². The monoisotopic (exact) mass is 433 g/mol. The van der Waals surface area contributed by atoms with Gasteiger partial charge in [0, 0.05) is 6.20 Å². The Morgan fingerprint density at radius 2 is 2.19 bits per heavy atom. The number of anilines is 1. The number of nitrogens with two attached hydrogens (primary N) is 1. The lowest BCUT2D eigenvalue weighted by Crippen LogP contribution is -2.54. The number of hydrogen-bond acceptors (Lipinski definition) is 8. The molecule has 2 aliphatic rings. The molecule has 9 nitrogen and oxygen atoms in total. The van der Waals surface area contributed by atoms with Crippen LogP contribution in [0.4, 0.5) is 19.0 Å². The van der Waals surface area contributed by atoms with Crippen LogP contribution in [0.5, 0.6) is 0 Å². The quantitative estimate of drug-likeness (QED) is 0.719. The third kappa shape index (κ3) is 3.50. The summed E-state index contributed by atoms with van der Waals surface area (Å²) in [4.78, 5) is 15.4. The van der Waals surface area contributed by atoms with E-state index in [9.17, 15) is 18.1 Å². The molecule has 2 saturated heterocycles. The number of halogens is 4. The standard InChI is InChI=1S/C13H16ClF3N3O6P/c1-5(2)25-27(22)4-23-13(11(16)17)8(26-27)7(15)10(24-13)20-3-6(14)9(18)19-12(20)21/h3,5,7-8,10-11H,4H2,1-2H3,(H2,18,19,21)/t7-,8+,10-,13-,27?/m1/s1. The van der Waals surface area contributed by atoms with E-state index in [0.717, 1.165) is 6.20 Å². The zero-order chi connectivity index (χ0) is 20.1. The van der Waals surface area contributed by atoms with E-state index in [4.69, 9.17) is 35.9 Å². The Labute approximate surface area is 156 Å². The molecule has 2 fully saturated rings. The first-order valence-electron chi connectivity index (χ1n) is 7.73. The van der Waals surface area contributed by atoms with Gasteiger partial charge in [0.1, 0.15) is 5.82 Å². The SMILES string of the molecule is CC(C)OP1(=O)CO[C@@]2(C(F)F)O[C@@H](n3cc(Cl)c(N)nc3=O)[C@H](F)[C@@H]2O1. The third-order valence-electron chi connectivity index (χ3n) is 3.87. The zero-order valence-electron chi connectivity index (χ0n) is 14.1. The van der Waals surface area contributed by atoms with Gasteiger partial charge in [-0.3, -0.25) is 13.7 Å². The molecule has 2 N–H and O–H groups in total. The zero-order valence-corrected chi connectivity index (χ0v) is 15.7. The van der Waals surface area contributed by atoms with Gasteiger partial charge >= 0.3 is 13.3 Å². The molecule has 0 spiro atoms. The highest BCUT2D eigenvalue weighted by molar-refractivity contribution is 7.53. The Morgan fingerprint density at radius 3 is 2.78 bits per heavy atom. The first kappa shape index (κ1) is 20.6. The molecule has 2 aliphatic heterocycles. The number of aromatic nitrogens is 2. The highest BCUT2D eigenvalue weighted by atomic mass is 35.5. The molecule has 0 amide bonds. The Hall–Kier alpha value is -1.17. The molecular weight excluding hydrogens is 418 g/mol. The van der Waals surface area contributed by atoms with Gasteiger partial charge in [0.15, 0.2) is 24.9 Å². The van der Waals surface area contributed by atoms with Crippen LogP contribution in [0.3, 0.4) is 0 Å². The maximum atomic E-state index is 15.0. The molecule has 1 unspecified atom stereocenters. The van der Waals surface area contributed by atoms with Gasteiger partial charge in [-0.2, -0.15) is 4.98 Å². The van der Waals surface area contributed by atoms with Gasteiger partial charge in [-0.1, -0.05) is 11.6 Å². The lowest BCUT2D eigenvalue weighted by Gasteiger charge is -2.39. The van der Waals surface area contributed by atoms with Crippen LogP contribution in [-0.4, -0.2) is 46.5 Å². The van der Waals surface area contributed by atoms with Crippen LogP contribution in [0, 0.1) is 0 Å². The summed E-state index contributed by atoms with van der Waals surface area (Å²) in [5, 5.41) is -0.220. The van der Waals surface area contributed by atoms with Gasteiger partial charge in [0.05, 0.1) is 11.1 Å². The van der Waals surface area contributed by atoms with E-state index in [1.807, 2.05) is 0 Å². The van der Waals surface area contributed by atoms with E-state index in [2.05, 4.69) is 4.98 Å². The van der Waals surface area contributed by atoms with Gasteiger partial charge < -0.3 is 19.7 Å². The maximum Gasteiger partial charge on any atom is 0.357 e. The number of alkyl halides is 3. The van der Waals surface area contributed by atoms with Crippen molar-refractivity contribution in [2.24, 2.45) is 0 Å². The molecule has 0 aromatic carbocycles. The minimum atomic E-state index is -4.03. The summed E-state index contributed by atoms with van der Waals surface area (Å²) in [5.41, 5.74) is 4.29. The van der Waals surface area contributed by atoms with Crippen molar-refractivity contribution in [3.63, 3.8) is 0 Å². The summed E-state index contributed by atoms with van der Waals surface area (Å²) in [6.45, 7) is 3.06. The van der Waals surface area contributed by atoms with Crippen LogP contribution in [0.2, 0.25) is 5.02 Å². The maximum absolute atomic E-state index is 15.0. The van der Waals surface area contributed by atoms with Crippen molar-refractivity contribution >= 4 is 25.0 Å². The van der Waals surface area contributed by atoms with Crippen LogP contribution in [0.15, 0.2) is 11.0 Å². The van der Waals surface area contributed by atoms with Crippen LogP contribution in [0.1, 0.15) is 20.1 Å². The molecule has 0 saturated carbocycles. The first-order valence-corrected chi connectivity index (χ1v) is 9.83. The second-order valence-corrected chi connectivity index (χ2v) is 8.51. The van der Waals surface area contributed by atoms with Crippen molar-refractivity contribution < 1.29 is 36.3 Å². The van der Waals surface area contributed by atoms with Gasteiger partial charge in [0.25, 0.3) is 12.2 Å². The van der Waals surface area contributed by atoms with Crippen molar-refractivity contribution in [3.05, 3.63) is 21.7 Å². The lowest BCUT2D eigenvalue weighted by molar-refractivity contribution is -0.319. The van der Waals surface area contributed by atoms with Crippen molar-refractivity contribution in [3.8, 4) is 0 Å². The molecule has 0 aliphatic carbocycles. The average Bonchev–Trinajstić information content (AvgIpc) is 2.84. The van der Waals surface area contributed by atoms with Gasteiger partial charge in [0.2, 0.25) is 0 Å². The predicted molar refractivity (Wildman–Crippen MR) is 86.3 cm³/mol. The number of ether oxygens (including phenoxy) is 2. The highest BCUT2D eigenvalue weighted by Gasteiger charge is 2.68. The molecule has 1 aromatic rings. The molecular formula is C13H16ClF3N3O6P. The Morgan fingerprint density at radius 1 is 1.52 bits per heavy atom. The van der Waals surface area contributed by atoms with Crippen molar-refractivity contribution in [2.45, 2.75) is 50.7 Å². The fourth-order valence-corrected chi connectivity index (χ4v) is 4.72. The highest BCUT2D eigenvalue weighted by Crippen LogP contribution is 2.61. The van der Waals surface area contributed by atoms with Crippen LogP contribution in [-0.2, 0) is 23.1 Å². The molecule has 152 valence electrons. The van der Waals surface area contributed by atoms with E-state index < -0.39 is 56.5 Å². The summed E-state index contributed by atoms with van der Waals surface area (Å²) < 4.78 is 75.7. The second kappa shape index (κ2) is 7.02. The molecule has 3 heterocycles. The van der Waals surface area contributed by atoms with E-state index >= 15 is 4.39 Å². The fourth-order valence-electron chi connectivity index (χ4n) is 2.79. The average molecular weight is 434 g/mol. The minimum absolute atomic E-state index is 0.220. The number of rotatable bonds is 4. The number of nitrogens with zero attached hydrogens (tertiary/aromatic N) is 2. The molecule has 0 bridgehead atoms. The number of fused-ring (bicyclic) bond motifs is 1. The summed E-state index contributed by atoms with van der Waals surface area (Å²) in [6, 6.07) is 0. The Balaban J connectivity index is 2.00. The third-order valence-corrected chi connectivity index (χ3v) is 5.90. The van der Waals surface area contributed by atoms with E-state index in [1.54, 1.807) is 0 Å². The first-order chi connectivity index (χ1) is 12.5. The lowest BCUT2D eigenvalue weighted by atomic mass is 10.1. The van der Waals surface area contributed by atoms with Crippen molar-refractivity contribution in [2.75, 3.05) is 12.1 Å². The summed E-state index contributed by atoms with van der Waals surface area (Å²) in [5.74, 6) is -3.21. The fraction of sp³-hybridized carbons (Fsp3) is 0.692. The summed E-state index contributed by atoms with van der Waals surface area (Å²) in [7, 11) is -4.03. The van der Waals surface area contributed by atoms with E-state index in [-0.39, 0.29) is 10.8 Å². The molecule has 0 radical (unpaired) electrons. The van der Waals surface area contributed by atoms with Crippen molar-refractivity contribution in [1.82, 2.24) is 9.55 Å². The molecule has 1 aromatic heterocycles. The largest absolute Gasteiger partial charge is 0.382 e. The molecule has 27 heavy (non-hydrogen) atoms. The number of nitrogen functional groups attached to an aromatic ring is 1. The summed E-state index contributed by atoms with van der Waals surface area (Å²) >= 11 is 5.76. The van der Waals surface area contributed by atoms with Crippen LogP contribution in [0.25, 0.3) is 0 Å². The van der Waals surface area contributed by atoms with Crippen LogP contribution < -0.4 is 11.4 Å². The van der Waals surface area contributed by atoms with Crippen molar-refractivity contribution in [1.29, 1.82) is 0 Å². The smallest absolute Gasteiger partial charge is 0.357 e. The Kier molecular flexibility index (Phi) is 5.34. The summed E-state index contributed by atoms with van der Waals surface area (Å²) in [6.07, 6.45) is -10.4. The minimum Gasteiger partial charge on any atom is -0.382 e.